The van der Waals surface area contributed by atoms with Gasteiger partial charge in [-0.25, -0.2) is 15.0 Å². The third-order valence-electron chi connectivity index (χ3n) is 2.02. The van der Waals surface area contributed by atoms with E-state index < -0.39 is 4.92 Å². The van der Waals surface area contributed by atoms with Gasteiger partial charge in [0.2, 0.25) is 5.95 Å². The molecule has 0 radical (unpaired) electrons. The molecule has 0 aliphatic carbocycles. The minimum atomic E-state index is -0.566. The molecule has 2 heterocycles. The van der Waals surface area contributed by atoms with Crippen LogP contribution in [0, 0.1) is 10.1 Å². The van der Waals surface area contributed by atoms with Crippen LogP contribution in [0.25, 0.3) is 11.5 Å². The predicted octanol–water partition coefficient (Wildman–Crippen LogP) is 0.367. The van der Waals surface area contributed by atoms with Crippen molar-refractivity contribution in [3.8, 4) is 11.5 Å². The number of aromatic nitrogens is 4. The van der Waals surface area contributed by atoms with E-state index in [0.29, 0.717) is 5.82 Å². The van der Waals surface area contributed by atoms with Crippen molar-refractivity contribution in [3.05, 3.63) is 28.7 Å². The highest BCUT2D eigenvalue weighted by Crippen LogP contribution is 2.25. The number of anilines is 1. The first-order chi connectivity index (χ1) is 7.59. The molecule has 0 aromatic carbocycles. The number of nitrogens with two attached hydrogens (primary N) is 1. The van der Waals surface area contributed by atoms with Crippen LogP contribution in [-0.4, -0.2) is 24.4 Å². The zero-order valence-corrected chi connectivity index (χ0v) is 8.36. The molecule has 0 saturated carbocycles. The summed E-state index contributed by atoms with van der Waals surface area (Å²) >= 11 is 0. The zero-order chi connectivity index (χ0) is 11.7. The Morgan fingerprint density at radius 1 is 1.50 bits per heavy atom. The first-order valence-electron chi connectivity index (χ1n) is 4.34. The first kappa shape index (κ1) is 10.0. The minimum Gasteiger partial charge on any atom is -0.368 e. The van der Waals surface area contributed by atoms with E-state index in [0.717, 1.165) is 6.20 Å². The van der Waals surface area contributed by atoms with Crippen LogP contribution in [0.4, 0.5) is 11.6 Å². The highest BCUT2D eigenvalue weighted by Gasteiger charge is 2.21. The molecule has 0 unspecified atom stereocenters. The van der Waals surface area contributed by atoms with Gasteiger partial charge in [0.15, 0.2) is 11.5 Å². The molecule has 2 rings (SSSR count). The monoisotopic (exact) mass is 220 g/mol. The fourth-order valence-electron chi connectivity index (χ4n) is 1.28. The molecule has 0 aliphatic heterocycles. The van der Waals surface area contributed by atoms with Crippen molar-refractivity contribution in [3.63, 3.8) is 0 Å². The third kappa shape index (κ3) is 1.56. The number of hydrogen-bond acceptors (Lipinski definition) is 6. The van der Waals surface area contributed by atoms with Crippen molar-refractivity contribution in [1.29, 1.82) is 0 Å². The standard InChI is InChI=1S/C8H8N6O2/c1-13-3-2-10-7(13)6-5(14(15)16)4-11-8(9)12-6/h2-4H,1H3,(H2,9,11,12). The molecule has 16 heavy (non-hydrogen) atoms. The number of nitrogen functional groups attached to an aromatic ring is 1. The Balaban J connectivity index is 2.67. The summed E-state index contributed by atoms with van der Waals surface area (Å²) in [7, 11) is 1.71. The lowest BCUT2D eigenvalue weighted by Crippen LogP contribution is -2.03. The Labute approximate surface area is 89.9 Å². The van der Waals surface area contributed by atoms with E-state index in [9.17, 15) is 10.1 Å². The molecular formula is C8H8N6O2. The Bertz CT molecular complexity index is 549. The van der Waals surface area contributed by atoms with Crippen LogP contribution in [0.5, 0.6) is 0 Å². The molecule has 0 bridgehead atoms. The van der Waals surface area contributed by atoms with Crippen LogP contribution < -0.4 is 5.73 Å². The molecule has 2 N–H and O–H groups in total. The van der Waals surface area contributed by atoms with Gasteiger partial charge in [-0.2, -0.15) is 0 Å². The summed E-state index contributed by atoms with van der Waals surface area (Å²) in [5, 5.41) is 10.8. The molecule has 8 nitrogen and oxygen atoms in total. The minimum absolute atomic E-state index is 0.0244. The van der Waals surface area contributed by atoms with Crippen molar-refractivity contribution in [2.24, 2.45) is 7.05 Å². The van der Waals surface area contributed by atoms with Crippen LogP contribution in [0.2, 0.25) is 0 Å². The smallest absolute Gasteiger partial charge is 0.317 e. The van der Waals surface area contributed by atoms with Gasteiger partial charge >= 0.3 is 5.69 Å². The summed E-state index contributed by atoms with van der Waals surface area (Å²) in [5.41, 5.74) is 5.30. The highest BCUT2D eigenvalue weighted by atomic mass is 16.6. The van der Waals surface area contributed by atoms with E-state index in [-0.39, 0.29) is 17.3 Å². The van der Waals surface area contributed by atoms with Gasteiger partial charge < -0.3 is 10.3 Å². The first-order valence-corrected chi connectivity index (χ1v) is 4.34. The van der Waals surface area contributed by atoms with E-state index in [4.69, 9.17) is 5.73 Å². The molecule has 0 aliphatic rings. The van der Waals surface area contributed by atoms with Gasteiger partial charge in [0.1, 0.15) is 6.20 Å². The van der Waals surface area contributed by atoms with Gasteiger partial charge in [0.05, 0.1) is 4.92 Å². The lowest BCUT2D eigenvalue weighted by Gasteiger charge is -2.02. The van der Waals surface area contributed by atoms with E-state index in [1.54, 1.807) is 17.8 Å². The summed E-state index contributed by atoms with van der Waals surface area (Å²) in [4.78, 5) is 21.6. The molecule has 2 aromatic rings. The zero-order valence-electron chi connectivity index (χ0n) is 8.36. The number of aryl methyl sites for hydroxylation is 1. The molecule has 0 fully saturated rings. The van der Waals surface area contributed by atoms with E-state index in [1.165, 1.54) is 6.20 Å². The van der Waals surface area contributed by atoms with Crippen molar-refractivity contribution < 1.29 is 4.92 Å². The predicted molar refractivity (Wildman–Crippen MR) is 55.3 cm³/mol. The van der Waals surface area contributed by atoms with Crippen molar-refractivity contribution in [2.45, 2.75) is 0 Å². The fraction of sp³-hybridized carbons (Fsp3) is 0.125. The molecule has 8 heteroatoms. The number of rotatable bonds is 2. The maximum absolute atomic E-state index is 10.8. The highest BCUT2D eigenvalue weighted by molar-refractivity contribution is 5.63. The van der Waals surface area contributed by atoms with Gasteiger partial charge in [0, 0.05) is 19.4 Å². The van der Waals surface area contributed by atoms with Crippen LogP contribution in [-0.2, 0) is 7.05 Å². The average molecular weight is 220 g/mol. The topological polar surface area (TPSA) is 113 Å². The largest absolute Gasteiger partial charge is 0.368 e. The Morgan fingerprint density at radius 3 is 2.81 bits per heavy atom. The molecule has 2 aromatic heterocycles. The van der Waals surface area contributed by atoms with Crippen molar-refractivity contribution in [1.82, 2.24) is 19.5 Å². The second-order valence-electron chi connectivity index (χ2n) is 3.08. The second kappa shape index (κ2) is 3.57. The fourth-order valence-corrected chi connectivity index (χ4v) is 1.28. The molecular weight excluding hydrogens is 212 g/mol. The maximum atomic E-state index is 10.8. The summed E-state index contributed by atoms with van der Waals surface area (Å²) < 4.78 is 1.62. The SMILES string of the molecule is Cn1ccnc1-c1nc(N)ncc1[N+](=O)[O-]. The average Bonchev–Trinajstić information content (AvgIpc) is 2.63. The lowest BCUT2D eigenvalue weighted by atomic mass is 10.3. The van der Waals surface area contributed by atoms with Crippen LogP contribution >= 0.6 is 0 Å². The maximum Gasteiger partial charge on any atom is 0.317 e. The summed E-state index contributed by atoms with van der Waals surface area (Å²) in [6.07, 6.45) is 4.26. The van der Waals surface area contributed by atoms with Gasteiger partial charge in [-0.15, -0.1) is 0 Å². The lowest BCUT2D eigenvalue weighted by molar-refractivity contribution is -0.384. The normalized spacial score (nSPS) is 10.3. The molecule has 0 amide bonds. The van der Waals surface area contributed by atoms with Crippen molar-refractivity contribution in [2.75, 3.05) is 5.73 Å². The summed E-state index contributed by atoms with van der Waals surface area (Å²) in [5.74, 6) is 0.351. The molecule has 0 spiro atoms. The number of hydrogen-bond donors (Lipinski definition) is 1. The number of imidazole rings is 1. The molecule has 0 atom stereocenters. The Kier molecular flexibility index (Phi) is 2.24. The second-order valence-corrected chi connectivity index (χ2v) is 3.08. The molecule has 82 valence electrons. The van der Waals surface area contributed by atoms with Crippen molar-refractivity contribution >= 4 is 11.6 Å². The quantitative estimate of drug-likeness (QED) is 0.577. The number of nitro groups is 1. The van der Waals surface area contributed by atoms with Gasteiger partial charge in [-0.05, 0) is 0 Å². The van der Waals surface area contributed by atoms with E-state index >= 15 is 0 Å². The van der Waals surface area contributed by atoms with Gasteiger partial charge in [0.25, 0.3) is 0 Å². The Hall–Kier alpha value is -2.51. The summed E-state index contributed by atoms with van der Waals surface area (Å²) in [6, 6.07) is 0. The van der Waals surface area contributed by atoms with Gasteiger partial charge in [-0.3, -0.25) is 10.1 Å². The van der Waals surface area contributed by atoms with E-state index in [2.05, 4.69) is 15.0 Å². The Morgan fingerprint density at radius 2 is 2.25 bits per heavy atom. The van der Waals surface area contributed by atoms with E-state index in [1.807, 2.05) is 0 Å². The van der Waals surface area contributed by atoms with Crippen LogP contribution in [0.15, 0.2) is 18.6 Å². The van der Waals surface area contributed by atoms with Crippen LogP contribution in [0.3, 0.4) is 0 Å². The third-order valence-corrected chi connectivity index (χ3v) is 2.02. The molecule has 0 saturated heterocycles. The van der Waals surface area contributed by atoms with Gasteiger partial charge in [-0.1, -0.05) is 0 Å². The van der Waals surface area contributed by atoms with Crippen LogP contribution in [0.1, 0.15) is 0 Å². The number of nitrogens with zero attached hydrogens (tertiary/aromatic N) is 5. The summed E-state index contributed by atoms with van der Waals surface area (Å²) in [6.45, 7) is 0.